The number of carbonyl (C=O) groups is 6. The molecule has 4 aliphatic carbocycles. The van der Waals surface area contributed by atoms with E-state index < -0.39 is 86.8 Å². The maximum Gasteiger partial charge on any atom is 0.305 e. The minimum absolute atomic E-state index is 0.0270. The molecule has 11 nitrogen and oxygen atoms in total. The molecule has 51 heavy (non-hydrogen) atoms. The molecule has 0 unspecified atom stereocenters. The number of allylic oxidation sites excluding steroid dienone is 1. The van der Waals surface area contributed by atoms with Gasteiger partial charge in [-0.15, -0.1) is 0 Å². The van der Waals surface area contributed by atoms with E-state index in [-0.39, 0.29) is 49.7 Å². The number of ether oxygens (including phenoxy) is 4. The molecule has 0 aliphatic heterocycles. The van der Waals surface area contributed by atoms with E-state index in [0.717, 1.165) is 5.57 Å². The molecule has 3 saturated carbocycles. The zero-order valence-corrected chi connectivity index (χ0v) is 32.7. The number of hydrogen-bond donors (Lipinski definition) is 1. The summed E-state index contributed by atoms with van der Waals surface area (Å²) < 4.78 is 23.3. The molecule has 1 N–H and O–H groups in total. The number of aliphatic hydroxyl groups is 1. The van der Waals surface area contributed by atoms with Gasteiger partial charge in [0.2, 0.25) is 0 Å². The fourth-order valence-corrected chi connectivity index (χ4v) is 10.9. The molecule has 0 amide bonds. The maximum atomic E-state index is 15.0. The van der Waals surface area contributed by atoms with Gasteiger partial charge < -0.3 is 24.1 Å². The lowest BCUT2D eigenvalue weighted by Crippen LogP contribution is -2.66. The summed E-state index contributed by atoms with van der Waals surface area (Å²) in [7, 11) is 0. The van der Waals surface area contributed by atoms with Crippen LogP contribution in [-0.4, -0.2) is 70.1 Å². The van der Waals surface area contributed by atoms with Gasteiger partial charge >= 0.3 is 23.9 Å². The fraction of sp³-hybridized carbons (Fsp3) is 0.800. The van der Waals surface area contributed by atoms with Crippen molar-refractivity contribution in [3.05, 3.63) is 11.6 Å². The van der Waals surface area contributed by atoms with Crippen LogP contribution in [-0.2, 0) is 47.7 Å². The Morgan fingerprint density at radius 2 is 1.45 bits per heavy atom. The van der Waals surface area contributed by atoms with E-state index in [2.05, 4.69) is 13.0 Å². The Morgan fingerprint density at radius 3 is 2.00 bits per heavy atom. The molecule has 11 heteroatoms. The molecule has 0 radical (unpaired) electrons. The first-order valence-electron chi connectivity index (χ1n) is 18.6. The Kier molecular flexibility index (Phi) is 10.9. The lowest BCUT2D eigenvalue weighted by Gasteiger charge is -2.65. The number of fused-ring (bicyclic) bond motifs is 5. The molecular weight excluding hydrogens is 656 g/mol. The van der Waals surface area contributed by atoms with Gasteiger partial charge in [0.15, 0.2) is 5.78 Å². The molecule has 0 bridgehead atoms. The summed E-state index contributed by atoms with van der Waals surface area (Å²) in [6.45, 7) is 20.9. The highest BCUT2D eigenvalue weighted by Gasteiger charge is 2.75. The van der Waals surface area contributed by atoms with Crippen LogP contribution in [0, 0.1) is 39.4 Å². The molecule has 4 rings (SSSR count). The van der Waals surface area contributed by atoms with Crippen LogP contribution in [0.4, 0.5) is 0 Å². The Hall–Kier alpha value is -3.08. The van der Waals surface area contributed by atoms with Crippen LogP contribution in [0.5, 0.6) is 0 Å². The minimum atomic E-state index is -1.98. The number of hydrogen-bond acceptors (Lipinski definition) is 11. The monoisotopic (exact) mass is 716 g/mol. The second-order valence-electron chi connectivity index (χ2n) is 17.6. The first-order valence-corrected chi connectivity index (χ1v) is 18.6. The van der Waals surface area contributed by atoms with E-state index >= 15 is 0 Å². The van der Waals surface area contributed by atoms with Crippen molar-refractivity contribution < 1.29 is 52.8 Å². The van der Waals surface area contributed by atoms with Gasteiger partial charge in [-0.05, 0) is 69.1 Å². The van der Waals surface area contributed by atoms with Crippen LogP contribution in [0.2, 0.25) is 0 Å². The van der Waals surface area contributed by atoms with Crippen molar-refractivity contribution in [3.8, 4) is 0 Å². The summed E-state index contributed by atoms with van der Waals surface area (Å²) >= 11 is 0. The number of ketones is 2. The van der Waals surface area contributed by atoms with E-state index in [4.69, 9.17) is 18.9 Å². The van der Waals surface area contributed by atoms with Gasteiger partial charge in [0.05, 0.1) is 0 Å². The second-order valence-corrected chi connectivity index (χ2v) is 17.6. The Bertz CT molecular complexity index is 1490. The molecular formula is C40H60O11. The molecule has 0 heterocycles. The summed E-state index contributed by atoms with van der Waals surface area (Å²) in [5, 5.41) is 12.3. The SMILES string of the molecule is CCC(=O)O[C@H]1C[C@@H]2C(=CC[C@@H]3[C@@]2(C)C(=O)C[C@]2(C)[C@@H]([C@@](C)(O)C(=O)CCC(C)(C)OC(C)=O)[C@H](OC(C)=O)C[C@@]32C)C(C)(C)[C@@H]1OC(=O)CC. The summed E-state index contributed by atoms with van der Waals surface area (Å²) in [4.78, 5) is 78.6. The Balaban J connectivity index is 1.80. The van der Waals surface area contributed by atoms with Crippen LogP contribution in [0.3, 0.4) is 0 Å². The van der Waals surface area contributed by atoms with Crippen LogP contribution in [0.25, 0.3) is 0 Å². The predicted octanol–water partition coefficient (Wildman–Crippen LogP) is 6.01. The zero-order chi connectivity index (χ0) is 38.7. The van der Waals surface area contributed by atoms with Crippen molar-refractivity contribution in [2.75, 3.05) is 0 Å². The van der Waals surface area contributed by atoms with Gasteiger partial charge in [-0.2, -0.15) is 0 Å². The molecule has 286 valence electrons. The second kappa shape index (κ2) is 13.7. The zero-order valence-electron chi connectivity index (χ0n) is 32.7. The highest BCUT2D eigenvalue weighted by atomic mass is 16.6. The Morgan fingerprint density at radius 1 is 0.863 bits per heavy atom. The van der Waals surface area contributed by atoms with E-state index in [1.807, 2.05) is 27.7 Å². The fourth-order valence-electron chi connectivity index (χ4n) is 10.9. The average Bonchev–Trinajstić information content (AvgIpc) is 3.22. The molecule has 10 atom stereocenters. The number of esters is 4. The highest BCUT2D eigenvalue weighted by molar-refractivity contribution is 5.90. The van der Waals surface area contributed by atoms with E-state index in [0.29, 0.717) is 19.3 Å². The number of carbonyl (C=O) groups excluding carboxylic acids is 6. The molecule has 0 saturated heterocycles. The normalized spacial score (nSPS) is 36.6. The standard InChI is InChI=1S/C40H60O11/c1-13-31(45)49-26-19-25-24(36(7,8)34(26)50-32(46)14-2)15-16-28-37(9)20-27(48-22(3)41)33(38(37,10)21-30(44)39(25,28)11)40(12,47)29(43)17-18-35(5,6)51-23(4)42/h15,25-28,33-34,47H,13-14,16-21H2,1-12H3/t25-,26+,27-,28+,33+,34-,37+,38-,39+,40+/m1/s1. The lowest BCUT2D eigenvalue weighted by molar-refractivity contribution is -0.198. The van der Waals surface area contributed by atoms with Crippen molar-refractivity contribution in [2.45, 2.75) is 164 Å². The van der Waals surface area contributed by atoms with Crippen molar-refractivity contribution in [2.24, 2.45) is 39.4 Å². The van der Waals surface area contributed by atoms with Crippen LogP contribution >= 0.6 is 0 Å². The maximum absolute atomic E-state index is 15.0. The molecule has 0 aromatic carbocycles. The first-order chi connectivity index (χ1) is 23.3. The quantitative estimate of drug-likeness (QED) is 0.152. The van der Waals surface area contributed by atoms with Crippen LogP contribution in [0.1, 0.15) is 134 Å². The van der Waals surface area contributed by atoms with E-state index in [1.165, 1.54) is 20.8 Å². The molecule has 4 aliphatic rings. The largest absolute Gasteiger partial charge is 0.462 e. The van der Waals surface area contributed by atoms with Gasteiger partial charge in [0.1, 0.15) is 35.3 Å². The van der Waals surface area contributed by atoms with Crippen LogP contribution < -0.4 is 0 Å². The molecule has 0 aromatic rings. The van der Waals surface area contributed by atoms with Crippen LogP contribution in [0.15, 0.2) is 11.6 Å². The van der Waals surface area contributed by atoms with Crippen molar-refractivity contribution in [1.29, 1.82) is 0 Å². The Labute approximate surface area is 302 Å². The highest BCUT2D eigenvalue weighted by Crippen LogP contribution is 2.74. The van der Waals surface area contributed by atoms with Gasteiger partial charge in [-0.3, -0.25) is 28.8 Å². The molecule has 0 spiro atoms. The topological polar surface area (TPSA) is 160 Å². The minimum Gasteiger partial charge on any atom is -0.462 e. The summed E-state index contributed by atoms with van der Waals surface area (Å²) in [5.41, 5.74) is -5.27. The predicted molar refractivity (Wildman–Crippen MR) is 187 cm³/mol. The lowest BCUT2D eigenvalue weighted by atomic mass is 9.38. The van der Waals surface area contributed by atoms with E-state index in [9.17, 15) is 33.9 Å². The van der Waals surface area contributed by atoms with Crippen molar-refractivity contribution >= 4 is 35.4 Å². The summed E-state index contributed by atoms with van der Waals surface area (Å²) in [5.74, 6) is -3.88. The van der Waals surface area contributed by atoms with Crippen molar-refractivity contribution in [1.82, 2.24) is 0 Å². The molecule has 0 aromatic heterocycles. The van der Waals surface area contributed by atoms with Crippen molar-refractivity contribution in [3.63, 3.8) is 0 Å². The third-order valence-electron chi connectivity index (χ3n) is 13.5. The molecule has 3 fully saturated rings. The first kappa shape index (κ1) is 40.7. The number of rotatable bonds is 11. The number of Topliss-reactive ketones (excluding diaryl/α,β-unsaturated/α-hetero) is 2. The summed E-state index contributed by atoms with van der Waals surface area (Å²) in [6.07, 6.45) is 1.33. The smallest absolute Gasteiger partial charge is 0.305 e. The van der Waals surface area contributed by atoms with Gasteiger partial charge in [-0.25, -0.2) is 0 Å². The third-order valence-corrected chi connectivity index (χ3v) is 13.5. The average molecular weight is 717 g/mol. The summed E-state index contributed by atoms with van der Waals surface area (Å²) in [6, 6.07) is 0. The van der Waals surface area contributed by atoms with Gasteiger partial charge in [0.25, 0.3) is 0 Å². The van der Waals surface area contributed by atoms with E-state index in [1.54, 1.807) is 27.7 Å². The third kappa shape index (κ3) is 6.81. The van der Waals surface area contributed by atoms with Gasteiger partial charge in [0, 0.05) is 56.3 Å². The van der Waals surface area contributed by atoms with Gasteiger partial charge in [-0.1, -0.05) is 60.1 Å².